The summed E-state index contributed by atoms with van der Waals surface area (Å²) in [5, 5.41) is 11.3. The van der Waals surface area contributed by atoms with Crippen molar-refractivity contribution in [3.63, 3.8) is 0 Å². The quantitative estimate of drug-likeness (QED) is 0.565. The van der Waals surface area contributed by atoms with Crippen molar-refractivity contribution < 1.29 is 18.7 Å². The van der Waals surface area contributed by atoms with Crippen LogP contribution in [0.4, 0.5) is 20.2 Å². The van der Waals surface area contributed by atoms with Gasteiger partial charge in [0.15, 0.2) is 0 Å². The fourth-order valence-electron chi connectivity index (χ4n) is 2.72. The molecule has 0 unspecified atom stereocenters. The molecule has 0 spiro atoms. The molecule has 0 bridgehead atoms. The molecule has 3 rings (SSSR count). The Kier molecular flexibility index (Phi) is 4.71. The standard InChI is InChI=1S/C17H11Cl2F2N3O3/c1-23-14-10(21)2-6-15(13(14)19)24(5-7(16(6)25)17(26)27)12-4-11(22)9(20)3-8(12)18/h2-5,23H,22H2,1H3,(H,26,27). The Morgan fingerprint density at radius 2 is 1.89 bits per heavy atom. The Hall–Kier alpha value is -2.84. The topological polar surface area (TPSA) is 97.4 Å². The van der Waals surface area contributed by atoms with Crippen molar-refractivity contribution >= 4 is 51.4 Å². The smallest absolute Gasteiger partial charge is 0.341 e. The highest BCUT2D eigenvalue weighted by molar-refractivity contribution is 6.38. The van der Waals surface area contributed by atoms with Crippen LogP contribution in [0.5, 0.6) is 0 Å². The lowest BCUT2D eigenvalue weighted by molar-refractivity contribution is 0.0695. The zero-order valence-electron chi connectivity index (χ0n) is 13.6. The molecule has 0 saturated heterocycles. The molecule has 1 aromatic heterocycles. The van der Waals surface area contributed by atoms with E-state index in [0.717, 1.165) is 24.4 Å². The van der Waals surface area contributed by atoms with Crippen molar-refractivity contribution in [2.24, 2.45) is 0 Å². The second kappa shape index (κ2) is 6.71. The summed E-state index contributed by atoms with van der Waals surface area (Å²) < 4.78 is 29.1. The molecule has 140 valence electrons. The van der Waals surface area contributed by atoms with Gasteiger partial charge in [-0.15, -0.1) is 0 Å². The van der Waals surface area contributed by atoms with Gasteiger partial charge in [0, 0.05) is 13.2 Å². The molecule has 0 aliphatic carbocycles. The first kappa shape index (κ1) is 18.9. The van der Waals surface area contributed by atoms with Crippen molar-refractivity contribution in [1.29, 1.82) is 0 Å². The summed E-state index contributed by atoms with van der Waals surface area (Å²) in [7, 11) is 1.42. The number of pyridine rings is 1. The Bertz CT molecular complexity index is 1180. The number of nitrogens with one attached hydrogen (secondary N) is 1. The molecule has 0 aliphatic rings. The van der Waals surface area contributed by atoms with Crippen LogP contribution in [0.2, 0.25) is 10.0 Å². The summed E-state index contributed by atoms with van der Waals surface area (Å²) in [4.78, 5) is 24.0. The van der Waals surface area contributed by atoms with E-state index in [1.807, 2.05) is 0 Å². The molecule has 10 heteroatoms. The van der Waals surface area contributed by atoms with E-state index >= 15 is 0 Å². The molecule has 3 aromatic rings. The van der Waals surface area contributed by atoms with Gasteiger partial charge in [-0.1, -0.05) is 23.2 Å². The van der Waals surface area contributed by atoms with Gasteiger partial charge < -0.3 is 20.7 Å². The number of aromatic nitrogens is 1. The normalized spacial score (nSPS) is 11.0. The molecule has 0 radical (unpaired) electrons. The SMILES string of the molecule is CNc1c(F)cc2c(=O)c(C(=O)O)cn(-c3cc(N)c(F)cc3Cl)c2c1Cl. The van der Waals surface area contributed by atoms with E-state index in [1.54, 1.807) is 0 Å². The zero-order chi connectivity index (χ0) is 20.0. The highest BCUT2D eigenvalue weighted by atomic mass is 35.5. The lowest BCUT2D eigenvalue weighted by Crippen LogP contribution is -2.19. The van der Waals surface area contributed by atoms with Gasteiger partial charge in [-0.25, -0.2) is 13.6 Å². The number of carbonyl (C=O) groups is 1. The molecular formula is C17H11Cl2F2N3O3. The molecule has 0 aliphatic heterocycles. The van der Waals surface area contributed by atoms with Gasteiger partial charge in [0.25, 0.3) is 0 Å². The number of nitrogen functional groups attached to an aromatic ring is 1. The summed E-state index contributed by atoms with van der Waals surface area (Å²) in [5.74, 6) is -3.15. The molecule has 0 amide bonds. The van der Waals surface area contributed by atoms with Gasteiger partial charge in [0.05, 0.1) is 38.0 Å². The highest BCUT2D eigenvalue weighted by Gasteiger charge is 2.22. The molecule has 1 heterocycles. The maximum Gasteiger partial charge on any atom is 0.341 e. The molecule has 27 heavy (non-hydrogen) atoms. The van der Waals surface area contributed by atoms with E-state index in [-0.39, 0.29) is 38.0 Å². The second-order valence-corrected chi connectivity index (χ2v) is 6.35. The fourth-order valence-corrected chi connectivity index (χ4v) is 3.34. The number of carboxylic acid groups (broad SMARTS) is 1. The van der Waals surface area contributed by atoms with Crippen molar-refractivity contribution in [1.82, 2.24) is 4.57 Å². The van der Waals surface area contributed by atoms with E-state index in [4.69, 9.17) is 28.9 Å². The van der Waals surface area contributed by atoms with Crippen LogP contribution in [0.15, 0.2) is 29.2 Å². The van der Waals surface area contributed by atoms with Crippen molar-refractivity contribution in [2.75, 3.05) is 18.1 Å². The predicted octanol–water partition coefficient (Wildman–Crippen LogP) is 3.90. The Labute approximate surface area is 160 Å². The first-order chi connectivity index (χ1) is 12.7. The van der Waals surface area contributed by atoms with Gasteiger partial charge in [-0.3, -0.25) is 4.79 Å². The number of rotatable bonds is 3. The van der Waals surface area contributed by atoms with Crippen molar-refractivity contribution in [3.8, 4) is 5.69 Å². The van der Waals surface area contributed by atoms with Crippen molar-refractivity contribution in [2.45, 2.75) is 0 Å². The second-order valence-electron chi connectivity index (χ2n) is 5.57. The third-order valence-electron chi connectivity index (χ3n) is 3.99. The van der Waals surface area contributed by atoms with E-state index in [9.17, 15) is 23.5 Å². The van der Waals surface area contributed by atoms with E-state index < -0.39 is 28.6 Å². The molecule has 6 nitrogen and oxygen atoms in total. The number of aromatic carboxylic acids is 1. The van der Waals surface area contributed by atoms with Crippen LogP contribution in [0.1, 0.15) is 10.4 Å². The molecule has 0 saturated carbocycles. The van der Waals surface area contributed by atoms with Gasteiger partial charge in [-0.05, 0) is 18.2 Å². The van der Waals surface area contributed by atoms with Crippen LogP contribution in [-0.2, 0) is 0 Å². The van der Waals surface area contributed by atoms with Gasteiger partial charge in [-0.2, -0.15) is 0 Å². The highest BCUT2D eigenvalue weighted by Crippen LogP contribution is 2.36. The van der Waals surface area contributed by atoms with Gasteiger partial charge in [0.2, 0.25) is 5.43 Å². The molecule has 0 fully saturated rings. The number of fused-ring (bicyclic) bond motifs is 1. The number of carboxylic acids is 1. The largest absolute Gasteiger partial charge is 0.477 e. The van der Waals surface area contributed by atoms with Gasteiger partial charge in [0.1, 0.15) is 17.2 Å². The van der Waals surface area contributed by atoms with Crippen LogP contribution < -0.4 is 16.5 Å². The number of nitrogens with zero attached hydrogens (tertiary/aromatic N) is 1. The first-order valence-electron chi connectivity index (χ1n) is 7.40. The predicted molar refractivity (Wildman–Crippen MR) is 100 cm³/mol. The number of halogens is 4. The zero-order valence-corrected chi connectivity index (χ0v) is 15.1. The molecule has 0 atom stereocenters. The third kappa shape index (κ3) is 2.96. The maximum absolute atomic E-state index is 14.3. The lowest BCUT2D eigenvalue weighted by atomic mass is 10.1. The summed E-state index contributed by atoms with van der Waals surface area (Å²) in [6.07, 6.45) is 0.981. The van der Waals surface area contributed by atoms with Crippen LogP contribution in [0, 0.1) is 11.6 Å². The summed E-state index contributed by atoms with van der Waals surface area (Å²) in [6.45, 7) is 0. The number of nitrogens with two attached hydrogens (primary N) is 1. The average Bonchev–Trinajstić information content (AvgIpc) is 2.59. The minimum atomic E-state index is -1.53. The van der Waals surface area contributed by atoms with E-state index in [2.05, 4.69) is 5.32 Å². The summed E-state index contributed by atoms with van der Waals surface area (Å²) >= 11 is 12.4. The lowest BCUT2D eigenvalue weighted by Gasteiger charge is -2.17. The molecule has 2 aromatic carbocycles. The van der Waals surface area contributed by atoms with Crippen LogP contribution in [0.25, 0.3) is 16.6 Å². The van der Waals surface area contributed by atoms with Crippen molar-refractivity contribution in [3.05, 3.63) is 61.9 Å². The number of anilines is 2. The molecular weight excluding hydrogens is 403 g/mol. The summed E-state index contributed by atoms with van der Waals surface area (Å²) in [6, 6.07) is 2.97. The summed E-state index contributed by atoms with van der Waals surface area (Å²) in [5.41, 5.74) is 3.71. The van der Waals surface area contributed by atoms with E-state index in [0.29, 0.717) is 0 Å². The number of hydrogen-bond donors (Lipinski definition) is 3. The Balaban J connectivity index is 2.59. The monoisotopic (exact) mass is 413 g/mol. The minimum absolute atomic E-state index is 0.00896. The third-order valence-corrected chi connectivity index (χ3v) is 4.66. The van der Waals surface area contributed by atoms with Crippen LogP contribution in [0.3, 0.4) is 0 Å². The number of benzene rings is 2. The fraction of sp³-hybridized carbons (Fsp3) is 0.0588. The Morgan fingerprint density at radius 3 is 2.48 bits per heavy atom. The van der Waals surface area contributed by atoms with Crippen LogP contribution >= 0.6 is 23.2 Å². The van der Waals surface area contributed by atoms with E-state index in [1.165, 1.54) is 11.6 Å². The van der Waals surface area contributed by atoms with Gasteiger partial charge >= 0.3 is 5.97 Å². The maximum atomic E-state index is 14.3. The minimum Gasteiger partial charge on any atom is -0.477 e. The Morgan fingerprint density at radius 1 is 1.22 bits per heavy atom. The average molecular weight is 414 g/mol. The van der Waals surface area contributed by atoms with Crippen LogP contribution in [-0.4, -0.2) is 22.7 Å². The molecule has 4 N–H and O–H groups in total. The number of hydrogen-bond acceptors (Lipinski definition) is 4. The first-order valence-corrected chi connectivity index (χ1v) is 8.16.